The summed E-state index contributed by atoms with van der Waals surface area (Å²) >= 11 is 0. The third-order valence-corrected chi connectivity index (χ3v) is 8.45. The molecule has 0 saturated heterocycles. The van der Waals surface area contributed by atoms with Gasteiger partial charge in [-0.15, -0.1) is 0 Å². The van der Waals surface area contributed by atoms with Gasteiger partial charge >= 0.3 is 7.80 Å². The van der Waals surface area contributed by atoms with E-state index in [4.69, 9.17) is 18.9 Å². The van der Waals surface area contributed by atoms with Crippen LogP contribution in [0.4, 0.5) is 0 Å². The predicted octanol–water partition coefficient (Wildman–Crippen LogP) is 7.47. The number of hydrogen-bond donors (Lipinski definition) is 0. The molecule has 0 amide bonds. The van der Waals surface area contributed by atoms with Gasteiger partial charge in [-0.1, -0.05) is 44.4 Å². The van der Waals surface area contributed by atoms with Gasteiger partial charge in [0.15, 0.2) is 11.6 Å². The summed E-state index contributed by atoms with van der Waals surface area (Å²) in [5, 5.41) is 0. The van der Waals surface area contributed by atoms with Crippen LogP contribution in [0.1, 0.15) is 74.1 Å². The van der Waals surface area contributed by atoms with Gasteiger partial charge in [-0.25, -0.2) is 0 Å². The highest BCUT2D eigenvalue weighted by Gasteiger charge is 2.35. The van der Waals surface area contributed by atoms with Crippen LogP contribution in [-0.4, -0.2) is 52.3 Å². The van der Waals surface area contributed by atoms with E-state index in [2.05, 4.69) is 27.7 Å². The van der Waals surface area contributed by atoms with Crippen LogP contribution in [-0.2, 0) is 4.57 Å². The van der Waals surface area contributed by atoms with Crippen LogP contribution in [0, 0.1) is 17.3 Å². The van der Waals surface area contributed by atoms with Crippen molar-refractivity contribution in [3.63, 3.8) is 0 Å². The summed E-state index contributed by atoms with van der Waals surface area (Å²) in [6, 6.07) is 10.1. The number of methoxy groups -OCH3 is 4. The zero-order valence-corrected chi connectivity index (χ0v) is 25.6. The number of benzene rings is 2. The number of carbonyl (C=O) groups excluding carboxylic acids is 2. The Kier molecular flexibility index (Phi) is 12.4. The summed E-state index contributed by atoms with van der Waals surface area (Å²) in [6.07, 6.45) is 3.76. The largest absolute Gasteiger partial charge is 0.496 e. The number of unbranched alkanes of at least 4 members (excludes halogenated alkanes) is 1. The van der Waals surface area contributed by atoms with E-state index in [0.29, 0.717) is 54.1 Å². The Morgan fingerprint density at radius 2 is 1.18 bits per heavy atom. The molecule has 0 aliphatic carbocycles. The maximum Gasteiger partial charge on any atom is 0.338 e. The smallest absolute Gasteiger partial charge is 0.338 e. The Bertz CT molecular complexity index is 1020. The molecule has 0 spiro atoms. The fraction of sp³-hybridized carbons (Fsp3) is 0.548. The fourth-order valence-electron chi connectivity index (χ4n) is 5.10. The maximum atomic E-state index is 14.0. The van der Waals surface area contributed by atoms with Crippen molar-refractivity contribution in [2.45, 2.75) is 53.4 Å². The van der Waals surface area contributed by atoms with Gasteiger partial charge in [0.2, 0.25) is 0 Å². The van der Waals surface area contributed by atoms with Crippen LogP contribution in [0.3, 0.4) is 0 Å². The summed E-state index contributed by atoms with van der Waals surface area (Å²) in [7, 11) is 4.55. The van der Waals surface area contributed by atoms with Crippen molar-refractivity contribution >= 4 is 19.4 Å². The van der Waals surface area contributed by atoms with E-state index >= 15 is 0 Å². The summed E-state index contributed by atoms with van der Waals surface area (Å²) in [5.41, 5.74) is 0.636. The Balaban J connectivity index is 2.32. The number of ether oxygens (including phenoxy) is 4. The van der Waals surface area contributed by atoms with Gasteiger partial charge in [0, 0.05) is 5.92 Å². The van der Waals surface area contributed by atoms with Crippen LogP contribution in [0.25, 0.3) is 0 Å². The Morgan fingerprint density at radius 3 is 1.54 bits per heavy atom. The topological polar surface area (TPSA) is 88.1 Å². The Morgan fingerprint density at radius 1 is 0.769 bits per heavy atom. The van der Waals surface area contributed by atoms with Gasteiger partial charge in [-0.3, -0.25) is 9.59 Å². The monoisotopic (exact) mass is 559 g/mol. The molecule has 2 aromatic rings. The molecule has 0 aliphatic rings. The van der Waals surface area contributed by atoms with E-state index < -0.39 is 25.3 Å². The lowest BCUT2D eigenvalue weighted by Gasteiger charge is -2.21. The van der Waals surface area contributed by atoms with E-state index in [9.17, 15) is 14.2 Å². The molecule has 0 radical (unpaired) electrons. The first kappa shape index (κ1) is 32.3. The van der Waals surface area contributed by atoms with Crippen LogP contribution >= 0.6 is 7.80 Å². The summed E-state index contributed by atoms with van der Waals surface area (Å²) < 4.78 is 34.6. The molecule has 0 heterocycles. The van der Waals surface area contributed by atoms with E-state index in [1.807, 2.05) is 0 Å². The van der Waals surface area contributed by atoms with Crippen molar-refractivity contribution in [2.24, 2.45) is 17.3 Å². The highest BCUT2D eigenvalue weighted by Crippen LogP contribution is 2.37. The van der Waals surface area contributed by atoms with Gasteiger partial charge in [0.05, 0.1) is 34.4 Å². The third kappa shape index (κ3) is 9.06. The van der Waals surface area contributed by atoms with E-state index in [1.165, 1.54) is 28.4 Å². The van der Waals surface area contributed by atoms with E-state index in [-0.39, 0.29) is 23.0 Å². The minimum absolute atomic E-state index is 0.197. The number of hydrogen-bond acceptors (Lipinski definition) is 7. The molecule has 2 rings (SSSR count). The average molecular weight is 560 g/mol. The van der Waals surface area contributed by atoms with Gasteiger partial charge in [0.1, 0.15) is 46.4 Å². The molecule has 0 bridgehead atoms. The van der Waals surface area contributed by atoms with Gasteiger partial charge in [-0.2, -0.15) is 0 Å². The number of rotatable bonds is 16. The molecule has 2 aromatic carbocycles. The molecule has 7 nitrogen and oxygen atoms in total. The molecular weight excluding hydrogens is 515 g/mol. The fourth-order valence-corrected chi connectivity index (χ4v) is 6.69. The SMILES string of the molecule is COc1cccc(OC)c1C(=O)C(CCCC[P+](=O)CC(C)CC(C)(C)C)C(=O)c1c(OC)cccc1OC. The molecule has 0 aromatic heterocycles. The van der Waals surface area contributed by atoms with E-state index in [1.54, 1.807) is 36.4 Å². The van der Waals surface area contributed by atoms with Crippen LogP contribution in [0.2, 0.25) is 0 Å². The summed E-state index contributed by atoms with van der Waals surface area (Å²) in [5.74, 6) is -0.116. The highest BCUT2D eigenvalue weighted by atomic mass is 31.1. The third-order valence-electron chi connectivity index (χ3n) is 6.61. The van der Waals surface area contributed by atoms with Gasteiger partial charge < -0.3 is 18.9 Å². The summed E-state index contributed by atoms with van der Waals surface area (Å²) in [4.78, 5) is 28.0. The van der Waals surface area contributed by atoms with Crippen molar-refractivity contribution in [1.29, 1.82) is 0 Å². The molecule has 2 unspecified atom stereocenters. The lowest BCUT2D eigenvalue weighted by Crippen LogP contribution is -2.26. The van der Waals surface area contributed by atoms with Crippen molar-refractivity contribution in [3.8, 4) is 23.0 Å². The first-order valence-electron chi connectivity index (χ1n) is 13.4. The number of ketones is 2. The quantitative estimate of drug-likeness (QED) is 0.0912. The normalized spacial score (nSPS) is 12.6. The van der Waals surface area contributed by atoms with E-state index in [0.717, 1.165) is 6.42 Å². The minimum Gasteiger partial charge on any atom is -0.496 e. The van der Waals surface area contributed by atoms with Crippen LogP contribution in [0.15, 0.2) is 36.4 Å². The lowest BCUT2D eigenvalue weighted by atomic mass is 9.85. The average Bonchev–Trinajstić information content (AvgIpc) is 2.90. The van der Waals surface area contributed by atoms with Crippen molar-refractivity contribution in [2.75, 3.05) is 40.8 Å². The first-order chi connectivity index (χ1) is 18.5. The van der Waals surface area contributed by atoms with Gasteiger partial charge in [-0.05, 0) is 55.4 Å². The predicted molar refractivity (Wildman–Crippen MR) is 156 cm³/mol. The number of carbonyl (C=O) groups is 2. The molecule has 0 N–H and O–H groups in total. The Hall–Kier alpha value is -2.92. The van der Waals surface area contributed by atoms with Crippen molar-refractivity contribution in [3.05, 3.63) is 47.5 Å². The molecule has 8 heteroatoms. The first-order valence-corrected chi connectivity index (χ1v) is 15.0. The molecule has 0 aliphatic heterocycles. The molecule has 39 heavy (non-hydrogen) atoms. The van der Waals surface area contributed by atoms with Gasteiger partial charge in [0.25, 0.3) is 0 Å². The highest BCUT2D eigenvalue weighted by molar-refractivity contribution is 7.44. The maximum absolute atomic E-state index is 14.0. The Labute approximate surface area is 234 Å². The summed E-state index contributed by atoms with van der Waals surface area (Å²) in [6.45, 7) is 8.72. The molecule has 214 valence electrons. The lowest BCUT2D eigenvalue weighted by molar-refractivity contribution is 0.0791. The zero-order chi connectivity index (χ0) is 29.2. The van der Waals surface area contributed by atoms with Crippen molar-refractivity contribution in [1.82, 2.24) is 0 Å². The second kappa shape index (κ2) is 15.0. The molecular formula is C31H44O7P+. The van der Waals surface area contributed by atoms with Crippen molar-refractivity contribution < 1.29 is 33.1 Å². The second-order valence-corrected chi connectivity index (χ2v) is 12.9. The van der Waals surface area contributed by atoms with Crippen LogP contribution in [0.5, 0.6) is 23.0 Å². The molecule has 2 atom stereocenters. The molecule has 0 saturated carbocycles. The standard InChI is InChI=1S/C31H44O7P/c1-21(19-31(2,3)4)20-39(34)18-10-9-13-22(29(32)27-23(35-5)14-11-15-24(27)36-6)30(33)28-25(37-7)16-12-17-26(28)38-8/h11-12,14-17,21-22H,9-10,13,18-20H2,1-8H3/q+1. The second-order valence-electron chi connectivity index (χ2n) is 11.1. The van der Waals surface area contributed by atoms with Crippen LogP contribution < -0.4 is 18.9 Å². The number of Topliss-reactive ketones (excluding diaryl/α,β-unsaturated/α-hetero) is 2. The zero-order valence-electron chi connectivity index (χ0n) is 24.7. The molecule has 0 fully saturated rings. The minimum atomic E-state index is -1.35.